The van der Waals surface area contributed by atoms with Crippen LogP contribution < -0.4 is 5.32 Å². The Morgan fingerprint density at radius 2 is 2.36 bits per heavy atom. The maximum absolute atomic E-state index is 13.1. The lowest BCUT2D eigenvalue weighted by atomic mass is 9.79. The van der Waals surface area contributed by atoms with Gasteiger partial charge in [-0.3, -0.25) is 4.79 Å². The zero-order valence-electron chi connectivity index (χ0n) is 8.48. The van der Waals surface area contributed by atoms with Crippen molar-refractivity contribution in [2.75, 3.05) is 0 Å². The molecule has 0 aromatic rings. The van der Waals surface area contributed by atoms with Crippen LogP contribution in [0, 0.1) is 0 Å². The van der Waals surface area contributed by atoms with Crippen molar-refractivity contribution in [3.05, 3.63) is 11.6 Å². The van der Waals surface area contributed by atoms with Crippen LogP contribution in [0.3, 0.4) is 0 Å². The minimum Gasteiger partial charge on any atom is -0.349 e. The number of allylic oxidation sites excluding steroid dienone is 1. The van der Waals surface area contributed by atoms with Crippen molar-refractivity contribution in [3.63, 3.8) is 0 Å². The Hall–Kier alpha value is -0.860. The number of halogens is 1. The number of carbonyl (C=O) groups excluding carboxylic acids is 1. The van der Waals surface area contributed by atoms with E-state index in [0.717, 1.165) is 24.8 Å². The highest BCUT2D eigenvalue weighted by atomic mass is 19.1. The van der Waals surface area contributed by atoms with Gasteiger partial charge in [0.1, 0.15) is 5.67 Å². The molecule has 2 rings (SSSR count). The van der Waals surface area contributed by atoms with Crippen molar-refractivity contribution in [3.8, 4) is 0 Å². The summed E-state index contributed by atoms with van der Waals surface area (Å²) in [5.74, 6) is 0.0167. The van der Waals surface area contributed by atoms with Gasteiger partial charge in [0, 0.05) is 24.5 Å². The van der Waals surface area contributed by atoms with Gasteiger partial charge < -0.3 is 5.32 Å². The first-order chi connectivity index (χ1) is 6.57. The van der Waals surface area contributed by atoms with E-state index in [9.17, 15) is 9.18 Å². The van der Waals surface area contributed by atoms with E-state index in [4.69, 9.17) is 0 Å². The van der Waals surface area contributed by atoms with Crippen molar-refractivity contribution < 1.29 is 9.18 Å². The molecule has 0 aromatic carbocycles. The normalized spacial score (nSPS) is 36.1. The highest BCUT2D eigenvalue weighted by molar-refractivity contribution is 5.94. The van der Waals surface area contributed by atoms with E-state index < -0.39 is 5.67 Å². The molecule has 78 valence electrons. The van der Waals surface area contributed by atoms with Crippen LogP contribution in [-0.2, 0) is 4.79 Å². The zero-order chi connectivity index (χ0) is 10.2. The van der Waals surface area contributed by atoms with Crippen LogP contribution in [0.2, 0.25) is 0 Å². The Balaban J connectivity index is 1.79. The van der Waals surface area contributed by atoms with Crippen LogP contribution in [0.1, 0.15) is 39.0 Å². The third-order valence-electron chi connectivity index (χ3n) is 3.01. The summed E-state index contributed by atoms with van der Waals surface area (Å²) < 4.78 is 13.1. The first-order valence-electron chi connectivity index (χ1n) is 5.26. The second-order valence-electron chi connectivity index (χ2n) is 4.61. The Morgan fingerprint density at radius 1 is 1.64 bits per heavy atom. The van der Waals surface area contributed by atoms with Gasteiger partial charge in [-0.15, -0.1) is 0 Å². The molecule has 0 unspecified atom stereocenters. The van der Waals surface area contributed by atoms with Crippen LogP contribution in [-0.4, -0.2) is 17.6 Å². The molecule has 14 heavy (non-hydrogen) atoms. The van der Waals surface area contributed by atoms with Crippen LogP contribution in [0.5, 0.6) is 0 Å². The summed E-state index contributed by atoms with van der Waals surface area (Å²) in [4.78, 5) is 11.6. The molecule has 0 heterocycles. The monoisotopic (exact) mass is 197 g/mol. The molecule has 0 aliphatic heterocycles. The lowest BCUT2D eigenvalue weighted by Crippen LogP contribution is -2.51. The SMILES string of the molecule is CC1(F)CC(NC(=O)C2=CCCC2)C1. The first-order valence-corrected chi connectivity index (χ1v) is 5.26. The summed E-state index contributed by atoms with van der Waals surface area (Å²) in [6, 6.07) is 0.0546. The van der Waals surface area contributed by atoms with E-state index >= 15 is 0 Å². The molecular weight excluding hydrogens is 181 g/mol. The van der Waals surface area contributed by atoms with Crippen molar-refractivity contribution in [1.82, 2.24) is 5.32 Å². The lowest BCUT2D eigenvalue weighted by Gasteiger charge is -2.39. The van der Waals surface area contributed by atoms with Gasteiger partial charge in [-0.1, -0.05) is 6.08 Å². The molecule has 3 heteroatoms. The smallest absolute Gasteiger partial charge is 0.247 e. The molecule has 1 fully saturated rings. The number of amides is 1. The van der Waals surface area contributed by atoms with Crippen LogP contribution >= 0.6 is 0 Å². The second kappa shape index (κ2) is 3.37. The summed E-state index contributed by atoms with van der Waals surface area (Å²) >= 11 is 0. The van der Waals surface area contributed by atoms with Gasteiger partial charge in [0.2, 0.25) is 5.91 Å². The fourth-order valence-corrected chi connectivity index (χ4v) is 2.22. The third-order valence-corrected chi connectivity index (χ3v) is 3.01. The molecule has 0 spiro atoms. The lowest BCUT2D eigenvalue weighted by molar-refractivity contribution is -0.119. The predicted octanol–water partition coefficient (Wildman–Crippen LogP) is 2.10. The molecule has 0 radical (unpaired) electrons. The van der Waals surface area contributed by atoms with Gasteiger partial charge in [0.25, 0.3) is 0 Å². The molecular formula is C11H16FNO. The first kappa shape index (κ1) is 9.69. The van der Waals surface area contributed by atoms with Gasteiger partial charge in [0.05, 0.1) is 0 Å². The number of carbonyl (C=O) groups is 1. The number of alkyl halides is 1. The van der Waals surface area contributed by atoms with Crippen LogP contribution in [0.15, 0.2) is 11.6 Å². The predicted molar refractivity (Wildman–Crippen MR) is 52.6 cm³/mol. The van der Waals surface area contributed by atoms with Gasteiger partial charge in [-0.25, -0.2) is 4.39 Å². The van der Waals surface area contributed by atoms with Crippen LogP contribution in [0.25, 0.3) is 0 Å². The van der Waals surface area contributed by atoms with E-state index in [2.05, 4.69) is 5.32 Å². The third kappa shape index (κ3) is 1.97. The van der Waals surface area contributed by atoms with Crippen molar-refractivity contribution in [2.24, 2.45) is 0 Å². The maximum atomic E-state index is 13.1. The number of hydrogen-bond acceptors (Lipinski definition) is 1. The fourth-order valence-electron chi connectivity index (χ4n) is 2.22. The minimum atomic E-state index is -1.05. The average molecular weight is 197 g/mol. The summed E-state index contributed by atoms with van der Waals surface area (Å²) in [6.07, 6.45) is 5.88. The van der Waals surface area contributed by atoms with E-state index in [0.29, 0.717) is 12.8 Å². The van der Waals surface area contributed by atoms with E-state index in [1.165, 1.54) is 0 Å². The average Bonchev–Trinajstić information content (AvgIpc) is 2.51. The second-order valence-corrected chi connectivity index (χ2v) is 4.61. The summed E-state index contributed by atoms with van der Waals surface area (Å²) in [5, 5.41) is 2.87. The Bertz CT molecular complexity index is 275. The summed E-state index contributed by atoms with van der Waals surface area (Å²) in [6.45, 7) is 1.59. The molecule has 1 saturated carbocycles. The number of nitrogens with one attached hydrogen (secondary N) is 1. The van der Waals surface area contributed by atoms with Crippen LogP contribution in [0.4, 0.5) is 4.39 Å². The molecule has 0 bridgehead atoms. The van der Waals surface area contributed by atoms with Crippen molar-refractivity contribution >= 4 is 5.91 Å². The largest absolute Gasteiger partial charge is 0.349 e. The van der Waals surface area contributed by atoms with Crippen molar-refractivity contribution in [1.29, 1.82) is 0 Å². The number of rotatable bonds is 2. The highest BCUT2D eigenvalue weighted by Gasteiger charge is 2.41. The van der Waals surface area contributed by atoms with Gasteiger partial charge in [-0.2, -0.15) is 0 Å². The molecule has 2 aliphatic carbocycles. The molecule has 0 aromatic heterocycles. The molecule has 0 atom stereocenters. The van der Waals surface area contributed by atoms with Crippen molar-refractivity contribution in [2.45, 2.75) is 50.7 Å². The molecule has 1 amide bonds. The fraction of sp³-hybridized carbons (Fsp3) is 0.727. The quantitative estimate of drug-likeness (QED) is 0.721. The van der Waals surface area contributed by atoms with Gasteiger partial charge >= 0.3 is 0 Å². The maximum Gasteiger partial charge on any atom is 0.247 e. The van der Waals surface area contributed by atoms with Gasteiger partial charge in [-0.05, 0) is 26.2 Å². The molecule has 1 N–H and O–H groups in total. The van der Waals surface area contributed by atoms with E-state index in [1.807, 2.05) is 6.08 Å². The Kier molecular flexibility index (Phi) is 2.33. The minimum absolute atomic E-state index is 0.0167. The highest BCUT2D eigenvalue weighted by Crippen LogP contribution is 2.35. The van der Waals surface area contributed by atoms with E-state index in [1.54, 1.807) is 6.92 Å². The Labute approximate surface area is 83.6 Å². The summed E-state index contributed by atoms with van der Waals surface area (Å²) in [5.41, 5.74) is -0.167. The van der Waals surface area contributed by atoms with Gasteiger partial charge in [0.15, 0.2) is 0 Å². The Morgan fingerprint density at radius 3 is 2.86 bits per heavy atom. The topological polar surface area (TPSA) is 29.1 Å². The number of hydrogen-bond donors (Lipinski definition) is 1. The molecule has 0 saturated heterocycles. The zero-order valence-corrected chi connectivity index (χ0v) is 8.48. The molecule has 2 nitrogen and oxygen atoms in total. The van der Waals surface area contributed by atoms with E-state index in [-0.39, 0.29) is 11.9 Å². The standard InChI is InChI=1S/C11H16FNO/c1-11(12)6-9(7-11)13-10(14)8-4-2-3-5-8/h4,9H,2-3,5-7H2,1H3,(H,13,14). The molecule has 2 aliphatic rings. The summed E-state index contributed by atoms with van der Waals surface area (Å²) in [7, 11) is 0.